The van der Waals surface area contributed by atoms with Gasteiger partial charge >= 0.3 is 8.56 Å². The summed E-state index contributed by atoms with van der Waals surface area (Å²) < 4.78 is 12.1. The summed E-state index contributed by atoms with van der Waals surface area (Å²) >= 11 is 0. The first-order chi connectivity index (χ1) is 8.59. The molecule has 1 rings (SSSR count). The quantitative estimate of drug-likeness (QED) is 0.508. The number of aryl methyl sites for hydroxylation is 1. The third-order valence-corrected chi connectivity index (χ3v) is 4.41. The lowest BCUT2D eigenvalue weighted by Gasteiger charge is -2.25. The standard InChI is InChI=1S/C15H26O2Si/c1-5-7-13-16-18(3,4)17-15-12-9-8-11-14(15)10-6-2/h8-9,11-12H,5-7,10,13H2,1-4H3. The van der Waals surface area contributed by atoms with E-state index in [9.17, 15) is 0 Å². The van der Waals surface area contributed by atoms with E-state index in [1.165, 1.54) is 5.56 Å². The molecule has 0 N–H and O–H groups in total. The van der Waals surface area contributed by atoms with Crippen LogP contribution in [0.15, 0.2) is 24.3 Å². The molecule has 0 saturated heterocycles. The second-order valence-corrected chi connectivity index (χ2v) is 8.35. The summed E-state index contributed by atoms with van der Waals surface area (Å²) in [5.74, 6) is 1.01. The largest absolute Gasteiger partial charge is 0.520 e. The Morgan fingerprint density at radius 1 is 1.06 bits per heavy atom. The van der Waals surface area contributed by atoms with Crippen LogP contribution in [0.2, 0.25) is 13.1 Å². The van der Waals surface area contributed by atoms with E-state index in [0.717, 1.165) is 38.0 Å². The average molecular weight is 266 g/mol. The lowest BCUT2D eigenvalue weighted by molar-refractivity contribution is 0.243. The summed E-state index contributed by atoms with van der Waals surface area (Å²) in [7, 11) is -2.04. The summed E-state index contributed by atoms with van der Waals surface area (Å²) in [5.41, 5.74) is 1.29. The summed E-state index contributed by atoms with van der Waals surface area (Å²) in [6, 6.07) is 8.31. The number of para-hydroxylation sites is 1. The van der Waals surface area contributed by atoms with Gasteiger partial charge in [0.05, 0.1) is 0 Å². The van der Waals surface area contributed by atoms with Gasteiger partial charge in [-0.3, -0.25) is 0 Å². The van der Waals surface area contributed by atoms with Gasteiger partial charge in [0.1, 0.15) is 5.75 Å². The van der Waals surface area contributed by atoms with Crippen molar-refractivity contribution in [2.45, 2.75) is 52.6 Å². The van der Waals surface area contributed by atoms with Crippen molar-refractivity contribution in [3.8, 4) is 5.75 Å². The molecule has 0 spiro atoms. The van der Waals surface area contributed by atoms with Gasteiger partial charge in [-0.05, 0) is 37.6 Å². The van der Waals surface area contributed by atoms with Crippen molar-refractivity contribution in [3.63, 3.8) is 0 Å². The van der Waals surface area contributed by atoms with Crippen molar-refractivity contribution in [3.05, 3.63) is 29.8 Å². The predicted octanol–water partition coefficient (Wildman–Crippen LogP) is 4.54. The molecule has 0 unspecified atom stereocenters. The van der Waals surface area contributed by atoms with Gasteiger partial charge in [0.2, 0.25) is 0 Å². The number of benzene rings is 1. The van der Waals surface area contributed by atoms with Crippen molar-refractivity contribution < 1.29 is 8.85 Å². The van der Waals surface area contributed by atoms with Gasteiger partial charge in [-0.25, -0.2) is 0 Å². The second-order valence-electron chi connectivity index (χ2n) is 5.06. The average Bonchev–Trinajstić information content (AvgIpc) is 2.32. The zero-order valence-electron chi connectivity index (χ0n) is 12.2. The van der Waals surface area contributed by atoms with Crippen LogP contribution < -0.4 is 4.43 Å². The fourth-order valence-electron chi connectivity index (χ4n) is 1.84. The highest BCUT2D eigenvalue weighted by Gasteiger charge is 2.27. The fraction of sp³-hybridized carbons (Fsp3) is 0.600. The molecule has 18 heavy (non-hydrogen) atoms. The van der Waals surface area contributed by atoms with Crippen LogP contribution in [0.4, 0.5) is 0 Å². The molecule has 0 fully saturated rings. The Bertz CT molecular complexity index is 350. The molecule has 2 nitrogen and oxygen atoms in total. The highest BCUT2D eigenvalue weighted by Crippen LogP contribution is 2.23. The molecule has 0 bridgehead atoms. The Kier molecular flexibility index (Phi) is 6.43. The Hall–Kier alpha value is -0.803. The van der Waals surface area contributed by atoms with Gasteiger partial charge in [0.25, 0.3) is 0 Å². The Morgan fingerprint density at radius 2 is 1.78 bits per heavy atom. The summed E-state index contributed by atoms with van der Waals surface area (Å²) in [5, 5.41) is 0. The van der Waals surface area contributed by atoms with E-state index in [-0.39, 0.29) is 0 Å². The highest BCUT2D eigenvalue weighted by molar-refractivity contribution is 6.65. The van der Waals surface area contributed by atoms with Crippen molar-refractivity contribution in [2.24, 2.45) is 0 Å². The molecule has 0 aromatic heterocycles. The monoisotopic (exact) mass is 266 g/mol. The van der Waals surface area contributed by atoms with E-state index in [1.807, 2.05) is 6.07 Å². The van der Waals surface area contributed by atoms with Gasteiger partial charge < -0.3 is 8.85 Å². The third kappa shape index (κ3) is 5.23. The molecule has 3 heteroatoms. The molecular weight excluding hydrogens is 240 g/mol. The van der Waals surface area contributed by atoms with Crippen molar-refractivity contribution >= 4 is 8.56 Å². The van der Waals surface area contributed by atoms with Gasteiger partial charge in [0.15, 0.2) is 0 Å². The van der Waals surface area contributed by atoms with Gasteiger partial charge in [-0.2, -0.15) is 0 Å². The number of hydrogen-bond donors (Lipinski definition) is 0. The normalized spacial score (nSPS) is 11.6. The number of hydrogen-bond acceptors (Lipinski definition) is 2. The van der Waals surface area contributed by atoms with Gasteiger partial charge in [0, 0.05) is 6.61 Å². The first kappa shape index (κ1) is 15.3. The van der Waals surface area contributed by atoms with E-state index in [2.05, 4.69) is 45.1 Å². The molecule has 1 aromatic carbocycles. The van der Waals surface area contributed by atoms with Crippen LogP contribution in [0.3, 0.4) is 0 Å². The van der Waals surface area contributed by atoms with Crippen molar-refractivity contribution in [1.29, 1.82) is 0 Å². The third-order valence-electron chi connectivity index (χ3n) is 2.80. The van der Waals surface area contributed by atoms with Crippen LogP contribution in [0.5, 0.6) is 5.75 Å². The molecule has 0 saturated carbocycles. The first-order valence-corrected chi connectivity index (χ1v) is 9.81. The molecule has 0 aliphatic rings. The molecule has 1 aromatic rings. The van der Waals surface area contributed by atoms with E-state index in [4.69, 9.17) is 8.85 Å². The van der Waals surface area contributed by atoms with Gasteiger partial charge in [-0.1, -0.05) is 44.9 Å². The topological polar surface area (TPSA) is 18.5 Å². The first-order valence-electron chi connectivity index (χ1n) is 7.00. The zero-order valence-corrected chi connectivity index (χ0v) is 13.2. The Labute approximate surface area is 113 Å². The fourth-order valence-corrected chi connectivity index (χ4v) is 3.26. The zero-order chi connectivity index (χ0) is 13.4. The molecule has 0 aliphatic carbocycles. The molecule has 0 atom stereocenters. The Morgan fingerprint density at radius 3 is 2.44 bits per heavy atom. The molecule has 0 aliphatic heterocycles. The predicted molar refractivity (Wildman–Crippen MR) is 79.4 cm³/mol. The summed E-state index contributed by atoms with van der Waals surface area (Å²) in [4.78, 5) is 0. The lowest BCUT2D eigenvalue weighted by atomic mass is 10.1. The maximum absolute atomic E-state index is 6.15. The minimum absolute atomic E-state index is 0.811. The van der Waals surface area contributed by atoms with E-state index < -0.39 is 8.56 Å². The minimum Gasteiger partial charge on any atom is -0.520 e. The van der Waals surface area contributed by atoms with Crippen LogP contribution in [0.25, 0.3) is 0 Å². The Balaban J connectivity index is 2.64. The smallest absolute Gasteiger partial charge is 0.392 e. The van der Waals surface area contributed by atoms with Crippen molar-refractivity contribution in [2.75, 3.05) is 6.61 Å². The van der Waals surface area contributed by atoms with E-state index in [1.54, 1.807) is 0 Å². The molecule has 0 radical (unpaired) electrons. The molecule has 0 heterocycles. The SMILES string of the molecule is CCCCO[Si](C)(C)Oc1ccccc1CCC. The highest BCUT2D eigenvalue weighted by atomic mass is 28.4. The van der Waals surface area contributed by atoms with Crippen LogP contribution in [0.1, 0.15) is 38.7 Å². The van der Waals surface area contributed by atoms with E-state index in [0.29, 0.717) is 0 Å². The minimum atomic E-state index is -2.04. The molecular formula is C15H26O2Si. The van der Waals surface area contributed by atoms with E-state index >= 15 is 0 Å². The lowest BCUT2D eigenvalue weighted by Crippen LogP contribution is -2.39. The van der Waals surface area contributed by atoms with Crippen LogP contribution in [-0.4, -0.2) is 15.2 Å². The number of rotatable bonds is 8. The molecule has 102 valence electrons. The molecule has 0 amide bonds. The van der Waals surface area contributed by atoms with Crippen LogP contribution in [-0.2, 0) is 10.8 Å². The summed E-state index contributed by atoms with van der Waals surface area (Å²) in [6.07, 6.45) is 4.47. The van der Waals surface area contributed by atoms with Gasteiger partial charge in [-0.15, -0.1) is 0 Å². The maximum atomic E-state index is 6.15. The second kappa shape index (κ2) is 7.59. The van der Waals surface area contributed by atoms with Crippen LogP contribution >= 0.6 is 0 Å². The number of unbranched alkanes of at least 4 members (excludes halogenated alkanes) is 1. The maximum Gasteiger partial charge on any atom is 0.392 e. The van der Waals surface area contributed by atoms with Crippen molar-refractivity contribution in [1.82, 2.24) is 0 Å². The van der Waals surface area contributed by atoms with Crippen LogP contribution in [0, 0.1) is 0 Å². The summed E-state index contributed by atoms with van der Waals surface area (Å²) in [6.45, 7) is 9.41.